The predicted molar refractivity (Wildman–Crippen MR) is 78.7 cm³/mol. The summed E-state index contributed by atoms with van der Waals surface area (Å²) in [6.07, 6.45) is 0.841. The highest BCUT2D eigenvalue weighted by atomic mass is 16.5. The van der Waals surface area contributed by atoms with Crippen LogP contribution in [0.1, 0.15) is 25.8 Å². The van der Waals surface area contributed by atoms with E-state index in [1.54, 1.807) is 21.3 Å². The summed E-state index contributed by atoms with van der Waals surface area (Å²) in [5, 5.41) is 12.8. The third-order valence-corrected chi connectivity index (χ3v) is 3.57. The van der Waals surface area contributed by atoms with E-state index in [4.69, 9.17) is 14.2 Å². The van der Waals surface area contributed by atoms with Crippen molar-refractivity contribution < 1.29 is 19.3 Å². The molecule has 5 nitrogen and oxygen atoms in total. The Balaban J connectivity index is 2.96. The minimum atomic E-state index is -0.291. The Morgan fingerprint density at radius 2 is 1.65 bits per heavy atom. The molecule has 0 aliphatic rings. The Bertz CT molecular complexity index is 405. The second kappa shape index (κ2) is 7.36. The predicted octanol–water partition coefficient (Wildman–Crippen LogP) is 1.96. The Labute approximate surface area is 120 Å². The molecule has 0 bridgehead atoms. The zero-order valence-electron chi connectivity index (χ0n) is 12.9. The second-order valence-electron chi connectivity index (χ2n) is 4.96. The van der Waals surface area contributed by atoms with Crippen molar-refractivity contribution in [2.24, 2.45) is 0 Å². The van der Waals surface area contributed by atoms with E-state index in [2.05, 4.69) is 5.32 Å². The van der Waals surface area contributed by atoms with Crippen molar-refractivity contribution in [3.8, 4) is 17.2 Å². The maximum atomic E-state index is 9.42. The summed E-state index contributed by atoms with van der Waals surface area (Å²) in [6.45, 7) is 4.74. The molecular weight excluding hydrogens is 258 g/mol. The maximum Gasteiger partial charge on any atom is 0.203 e. The molecule has 1 rings (SSSR count). The molecule has 0 heterocycles. The van der Waals surface area contributed by atoms with Gasteiger partial charge in [-0.2, -0.15) is 0 Å². The molecule has 1 unspecified atom stereocenters. The van der Waals surface area contributed by atoms with Gasteiger partial charge in [-0.15, -0.1) is 0 Å². The summed E-state index contributed by atoms with van der Waals surface area (Å²) in [7, 11) is 4.77. The number of ether oxygens (including phenoxy) is 3. The van der Waals surface area contributed by atoms with Gasteiger partial charge < -0.3 is 24.6 Å². The van der Waals surface area contributed by atoms with Crippen LogP contribution in [0, 0.1) is 0 Å². The molecule has 1 aromatic carbocycles. The van der Waals surface area contributed by atoms with Crippen LogP contribution in [0.3, 0.4) is 0 Å². The van der Waals surface area contributed by atoms with Crippen LogP contribution >= 0.6 is 0 Å². The molecule has 114 valence electrons. The van der Waals surface area contributed by atoms with Gasteiger partial charge in [0.05, 0.1) is 27.9 Å². The van der Waals surface area contributed by atoms with Crippen molar-refractivity contribution in [2.75, 3.05) is 27.9 Å². The molecule has 0 aromatic heterocycles. The molecule has 0 spiro atoms. The number of aliphatic hydroxyl groups excluding tert-OH is 1. The van der Waals surface area contributed by atoms with Crippen LogP contribution in [-0.4, -0.2) is 38.6 Å². The standard InChI is InChI=1S/C15H25NO4/c1-6-15(2,10-17)16-9-11-7-12(18-3)14(20-5)13(8-11)19-4/h7-8,16-17H,6,9-10H2,1-5H3. The zero-order chi connectivity index (χ0) is 15.2. The van der Waals surface area contributed by atoms with Crippen molar-refractivity contribution in [3.63, 3.8) is 0 Å². The van der Waals surface area contributed by atoms with Gasteiger partial charge in [0, 0.05) is 12.1 Å². The SMILES string of the molecule is CCC(C)(CO)NCc1cc(OC)c(OC)c(OC)c1. The zero-order valence-corrected chi connectivity index (χ0v) is 12.9. The van der Waals surface area contributed by atoms with Crippen LogP contribution in [-0.2, 0) is 6.54 Å². The van der Waals surface area contributed by atoms with E-state index in [0.29, 0.717) is 23.8 Å². The molecule has 0 aliphatic carbocycles. The van der Waals surface area contributed by atoms with Crippen LogP contribution in [0.4, 0.5) is 0 Å². The largest absolute Gasteiger partial charge is 0.493 e. The second-order valence-corrected chi connectivity index (χ2v) is 4.96. The number of aliphatic hydroxyl groups is 1. The van der Waals surface area contributed by atoms with Crippen molar-refractivity contribution in [2.45, 2.75) is 32.4 Å². The van der Waals surface area contributed by atoms with Crippen molar-refractivity contribution in [3.05, 3.63) is 17.7 Å². The average molecular weight is 283 g/mol. The maximum absolute atomic E-state index is 9.42. The Kier molecular flexibility index (Phi) is 6.10. The number of nitrogens with one attached hydrogen (secondary N) is 1. The van der Waals surface area contributed by atoms with Gasteiger partial charge in [0.25, 0.3) is 0 Å². The van der Waals surface area contributed by atoms with E-state index < -0.39 is 0 Å². The number of hydrogen-bond acceptors (Lipinski definition) is 5. The van der Waals surface area contributed by atoms with Gasteiger partial charge in [-0.3, -0.25) is 0 Å². The summed E-state index contributed by atoms with van der Waals surface area (Å²) in [5.74, 6) is 1.84. The summed E-state index contributed by atoms with van der Waals surface area (Å²) in [6, 6.07) is 3.81. The third-order valence-electron chi connectivity index (χ3n) is 3.57. The van der Waals surface area contributed by atoms with E-state index in [1.165, 1.54) is 0 Å². The van der Waals surface area contributed by atoms with Crippen LogP contribution < -0.4 is 19.5 Å². The highest BCUT2D eigenvalue weighted by Gasteiger charge is 2.20. The van der Waals surface area contributed by atoms with E-state index in [1.807, 2.05) is 26.0 Å². The molecule has 1 aromatic rings. The van der Waals surface area contributed by atoms with E-state index >= 15 is 0 Å². The van der Waals surface area contributed by atoms with Crippen LogP contribution in [0.15, 0.2) is 12.1 Å². The summed E-state index contributed by atoms with van der Waals surface area (Å²) < 4.78 is 15.9. The summed E-state index contributed by atoms with van der Waals surface area (Å²) >= 11 is 0. The smallest absolute Gasteiger partial charge is 0.203 e. The van der Waals surface area contributed by atoms with Gasteiger partial charge in [-0.1, -0.05) is 6.92 Å². The minimum Gasteiger partial charge on any atom is -0.493 e. The average Bonchev–Trinajstić information content (AvgIpc) is 2.51. The van der Waals surface area contributed by atoms with Crippen molar-refractivity contribution >= 4 is 0 Å². The fraction of sp³-hybridized carbons (Fsp3) is 0.600. The summed E-state index contributed by atoms with van der Waals surface area (Å²) in [4.78, 5) is 0. The fourth-order valence-corrected chi connectivity index (χ4v) is 1.85. The molecule has 0 saturated heterocycles. The van der Waals surface area contributed by atoms with Gasteiger partial charge in [0.15, 0.2) is 11.5 Å². The van der Waals surface area contributed by atoms with Gasteiger partial charge in [0.2, 0.25) is 5.75 Å². The van der Waals surface area contributed by atoms with Crippen LogP contribution in [0.2, 0.25) is 0 Å². The van der Waals surface area contributed by atoms with E-state index in [9.17, 15) is 5.11 Å². The molecule has 0 fully saturated rings. The Hall–Kier alpha value is -1.46. The number of benzene rings is 1. The molecule has 0 saturated carbocycles. The lowest BCUT2D eigenvalue weighted by Crippen LogP contribution is -2.44. The molecule has 0 radical (unpaired) electrons. The van der Waals surface area contributed by atoms with Gasteiger partial charge in [-0.05, 0) is 31.0 Å². The molecule has 5 heteroatoms. The van der Waals surface area contributed by atoms with Gasteiger partial charge in [-0.25, -0.2) is 0 Å². The third kappa shape index (κ3) is 3.77. The minimum absolute atomic E-state index is 0.0912. The van der Waals surface area contributed by atoms with E-state index in [-0.39, 0.29) is 12.1 Å². The molecule has 2 N–H and O–H groups in total. The first-order chi connectivity index (χ1) is 9.53. The lowest BCUT2D eigenvalue weighted by atomic mass is 10.00. The Morgan fingerprint density at radius 1 is 1.10 bits per heavy atom. The number of rotatable bonds is 8. The van der Waals surface area contributed by atoms with Crippen molar-refractivity contribution in [1.29, 1.82) is 0 Å². The number of hydrogen-bond donors (Lipinski definition) is 2. The molecule has 0 aliphatic heterocycles. The molecule has 20 heavy (non-hydrogen) atoms. The molecule has 0 amide bonds. The lowest BCUT2D eigenvalue weighted by Gasteiger charge is -2.27. The lowest BCUT2D eigenvalue weighted by molar-refractivity contribution is 0.169. The fourth-order valence-electron chi connectivity index (χ4n) is 1.85. The van der Waals surface area contributed by atoms with Crippen LogP contribution in [0.5, 0.6) is 17.2 Å². The number of methoxy groups -OCH3 is 3. The molecular formula is C15H25NO4. The quantitative estimate of drug-likeness (QED) is 0.764. The highest BCUT2D eigenvalue weighted by Crippen LogP contribution is 2.38. The first-order valence-electron chi connectivity index (χ1n) is 6.68. The van der Waals surface area contributed by atoms with Gasteiger partial charge in [0.1, 0.15) is 0 Å². The normalized spacial score (nSPS) is 13.7. The topological polar surface area (TPSA) is 60.0 Å². The van der Waals surface area contributed by atoms with Gasteiger partial charge >= 0.3 is 0 Å². The van der Waals surface area contributed by atoms with Crippen molar-refractivity contribution in [1.82, 2.24) is 5.32 Å². The molecule has 1 atom stereocenters. The first-order valence-corrected chi connectivity index (χ1v) is 6.68. The highest BCUT2D eigenvalue weighted by molar-refractivity contribution is 5.53. The monoisotopic (exact) mass is 283 g/mol. The Morgan fingerprint density at radius 3 is 2.00 bits per heavy atom. The van der Waals surface area contributed by atoms with Crippen LogP contribution in [0.25, 0.3) is 0 Å². The summed E-state index contributed by atoms with van der Waals surface area (Å²) in [5.41, 5.74) is 0.716. The van der Waals surface area contributed by atoms with E-state index in [0.717, 1.165) is 12.0 Å². The first kappa shape index (κ1) is 16.6.